The van der Waals surface area contributed by atoms with Crippen molar-refractivity contribution in [3.05, 3.63) is 53.6 Å². The van der Waals surface area contributed by atoms with Crippen LogP contribution in [0.1, 0.15) is 48.0 Å². The molecule has 0 atom stereocenters. The lowest BCUT2D eigenvalue weighted by Gasteiger charge is -2.36. The largest absolute Gasteiger partial charge is 0.497 e. The van der Waals surface area contributed by atoms with Gasteiger partial charge in [0, 0.05) is 18.2 Å². The van der Waals surface area contributed by atoms with E-state index in [-0.39, 0.29) is 18.6 Å². The molecule has 0 aliphatic heterocycles. The van der Waals surface area contributed by atoms with Crippen LogP contribution in [0.25, 0.3) is 0 Å². The molecule has 1 fully saturated rings. The standard InChI is InChI=1S/C25H31N3O5S/c1-31-20-11-9-18(10-12-20)24(30)27-25(34)28(19-6-4-3-5-7-19)15-17-8-13-21(22(14-17)32-2)33-16-23(26)29/h8-14,19H,3-7,15-16H2,1-2H3,(H2,26,29)(H,27,30,34). The third kappa shape index (κ3) is 6.84. The molecule has 2 aromatic carbocycles. The Balaban J connectivity index is 1.76. The van der Waals surface area contributed by atoms with E-state index in [2.05, 4.69) is 10.2 Å². The highest BCUT2D eigenvalue weighted by Gasteiger charge is 2.25. The van der Waals surface area contributed by atoms with Gasteiger partial charge in [0.1, 0.15) is 5.75 Å². The van der Waals surface area contributed by atoms with Gasteiger partial charge in [0.25, 0.3) is 11.8 Å². The molecule has 3 N–H and O–H groups in total. The first-order valence-electron chi connectivity index (χ1n) is 11.2. The van der Waals surface area contributed by atoms with Gasteiger partial charge in [-0.05, 0) is 67.0 Å². The topological polar surface area (TPSA) is 103 Å². The SMILES string of the molecule is COc1ccc(C(=O)NC(=S)N(Cc2ccc(OCC(N)=O)c(OC)c2)C2CCCCC2)cc1. The number of thiocarbonyl (C=S) groups is 1. The number of nitrogens with zero attached hydrogens (tertiary/aromatic N) is 1. The predicted octanol–water partition coefficient (Wildman–Crippen LogP) is 3.42. The molecule has 2 amide bonds. The Hall–Kier alpha value is -3.33. The van der Waals surface area contributed by atoms with Crippen LogP contribution in [0, 0.1) is 0 Å². The number of nitrogens with one attached hydrogen (secondary N) is 1. The number of carbonyl (C=O) groups is 2. The number of methoxy groups -OCH3 is 2. The zero-order chi connectivity index (χ0) is 24.5. The van der Waals surface area contributed by atoms with Crippen LogP contribution in [0.15, 0.2) is 42.5 Å². The van der Waals surface area contributed by atoms with E-state index in [0.717, 1.165) is 31.2 Å². The minimum atomic E-state index is -0.562. The normalized spacial score (nSPS) is 13.6. The van der Waals surface area contributed by atoms with E-state index in [0.29, 0.717) is 34.5 Å². The Morgan fingerprint density at radius 3 is 2.35 bits per heavy atom. The number of carbonyl (C=O) groups excluding carboxylic acids is 2. The van der Waals surface area contributed by atoms with E-state index in [1.807, 2.05) is 12.1 Å². The van der Waals surface area contributed by atoms with Crippen molar-refractivity contribution in [3.8, 4) is 17.2 Å². The summed E-state index contributed by atoms with van der Waals surface area (Å²) in [5, 5.41) is 3.28. The summed E-state index contributed by atoms with van der Waals surface area (Å²) in [7, 11) is 3.12. The van der Waals surface area contributed by atoms with Gasteiger partial charge in [-0.2, -0.15) is 0 Å². The van der Waals surface area contributed by atoms with Crippen molar-refractivity contribution < 1.29 is 23.8 Å². The number of ether oxygens (including phenoxy) is 3. The summed E-state index contributed by atoms with van der Waals surface area (Å²) in [6.45, 7) is 0.268. The highest BCUT2D eigenvalue weighted by molar-refractivity contribution is 7.80. The highest BCUT2D eigenvalue weighted by atomic mass is 32.1. The first-order chi connectivity index (χ1) is 16.4. The lowest BCUT2D eigenvalue weighted by atomic mass is 9.94. The molecule has 1 aliphatic rings. The summed E-state index contributed by atoms with van der Waals surface area (Å²) in [6.07, 6.45) is 5.47. The highest BCUT2D eigenvalue weighted by Crippen LogP contribution is 2.30. The molecule has 0 heterocycles. The minimum Gasteiger partial charge on any atom is -0.497 e. The van der Waals surface area contributed by atoms with E-state index < -0.39 is 5.91 Å². The molecule has 0 saturated heterocycles. The molecule has 34 heavy (non-hydrogen) atoms. The molecular weight excluding hydrogens is 454 g/mol. The summed E-state index contributed by atoms with van der Waals surface area (Å²) in [5.41, 5.74) is 6.62. The second-order valence-electron chi connectivity index (χ2n) is 8.15. The summed E-state index contributed by atoms with van der Waals surface area (Å²) in [5.74, 6) is 0.786. The fourth-order valence-electron chi connectivity index (χ4n) is 4.02. The van der Waals surface area contributed by atoms with E-state index in [9.17, 15) is 9.59 Å². The van der Waals surface area contributed by atoms with Crippen molar-refractivity contribution in [2.24, 2.45) is 5.73 Å². The summed E-state index contributed by atoms with van der Waals surface area (Å²) < 4.78 is 16.0. The average Bonchev–Trinajstić information content (AvgIpc) is 2.86. The Morgan fingerprint density at radius 1 is 1.03 bits per heavy atom. The maximum absolute atomic E-state index is 12.8. The molecule has 0 aromatic heterocycles. The van der Waals surface area contributed by atoms with E-state index in [4.69, 9.17) is 32.2 Å². The molecule has 0 bridgehead atoms. The molecule has 3 rings (SSSR count). The van der Waals surface area contributed by atoms with Crippen molar-refractivity contribution in [1.82, 2.24) is 10.2 Å². The third-order valence-corrected chi connectivity index (χ3v) is 6.14. The molecule has 0 spiro atoms. The molecule has 0 unspecified atom stereocenters. The maximum Gasteiger partial charge on any atom is 0.257 e. The maximum atomic E-state index is 12.8. The second kappa shape index (κ2) is 12.2. The molecule has 0 radical (unpaired) electrons. The van der Waals surface area contributed by atoms with Crippen molar-refractivity contribution in [1.29, 1.82) is 0 Å². The van der Waals surface area contributed by atoms with Gasteiger partial charge in [0.15, 0.2) is 23.2 Å². The van der Waals surface area contributed by atoms with Crippen LogP contribution in [0.5, 0.6) is 17.2 Å². The number of nitrogens with two attached hydrogens (primary N) is 1. The van der Waals surface area contributed by atoms with Gasteiger partial charge >= 0.3 is 0 Å². The summed E-state index contributed by atoms with van der Waals surface area (Å²) in [6, 6.07) is 12.6. The number of hydrogen-bond acceptors (Lipinski definition) is 6. The van der Waals surface area contributed by atoms with E-state index >= 15 is 0 Å². The number of primary amides is 1. The van der Waals surface area contributed by atoms with Crippen molar-refractivity contribution in [2.75, 3.05) is 20.8 Å². The Morgan fingerprint density at radius 2 is 1.74 bits per heavy atom. The molecule has 8 nitrogen and oxygen atoms in total. The van der Waals surface area contributed by atoms with Gasteiger partial charge in [0.2, 0.25) is 0 Å². The molecule has 1 saturated carbocycles. The van der Waals surface area contributed by atoms with Crippen LogP contribution in [-0.4, -0.2) is 48.7 Å². The van der Waals surface area contributed by atoms with Gasteiger partial charge in [-0.15, -0.1) is 0 Å². The lowest BCUT2D eigenvalue weighted by Crippen LogP contribution is -2.48. The predicted molar refractivity (Wildman–Crippen MR) is 133 cm³/mol. The smallest absolute Gasteiger partial charge is 0.257 e. The number of rotatable bonds is 9. The van der Waals surface area contributed by atoms with Crippen molar-refractivity contribution in [2.45, 2.75) is 44.7 Å². The Kier molecular flexibility index (Phi) is 9.09. The van der Waals surface area contributed by atoms with Gasteiger partial charge in [-0.25, -0.2) is 0 Å². The van der Waals surface area contributed by atoms with Crippen LogP contribution in [0.3, 0.4) is 0 Å². The monoisotopic (exact) mass is 485 g/mol. The van der Waals surface area contributed by atoms with Crippen molar-refractivity contribution in [3.63, 3.8) is 0 Å². The zero-order valence-corrected chi connectivity index (χ0v) is 20.4. The Labute approximate surface area is 205 Å². The Bertz CT molecular complexity index is 1010. The molecule has 9 heteroatoms. The van der Waals surface area contributed by atoms with Gasteiger partial charge in [0.05, 0.1) is 14.2 Å². The van der Waals surface area contributed by atoms with Crippen molar-refractivity contribution >= 4 is 29.1 Å². The lowest BCUT2D eigenvalue weighted by molar-refractivity contribution is -0.119. The molecular formula is C25H31N3O5S. The minimum absolute atomic E-state index is 0.231. The van der Waals surface area contributed by atoms with Gasteiger partial charge in [-0.1, -0.05) is 25.3 Å². The van der Waals surface area contributed by atoms with Gasteiger partial charge in [-0.3, -0.25) is 14.9 Å². The van der Waals surface area contributed by atoms with Crippen LogP contribution in [0.4, 0.5) is 0 Å². The summed E-state index contributed by atoms with van der Waals surface area (Å²) in [4.78, 5) is 26.0. The second-order valence-corrected chi connectivity index (χ2v) is 8.53. The van der Waals surface area contributed by atoms with Gasteiger partial charge < -0.3 is 24.8 Å². The average molecular weight is 486 g/mol. The number of benzene rings is 2. The molecule has 1 aliphatic carbocycles. The van der Waals surface area contributed by atoms with E-state index in [1.165, 1.54) is 13.5 Å². The molecule has 182 valence electrons. The van der Waals surface area contributed by atoms with Crippen LogP contribution in [-0.2, 0) is 11.3 Å². The van der Waals surface area contributed by atoms with Crippen LogP contribution >= 0.6 is 12.2 Å². The fourth-order valence-corrected chi connectivity index (χ4v) is 4.32. The van der Waals surface area contributed by atoms with Crippen LogP contribution in [0.2, 0.25) is 0 Å². The number of hydrogen-bond donors (Lipinski definition) is 2. The third-order valence-electron chi connectivity index (χ3n) is 5.80. The van der Waals surface area contributed by atoms with Crippen LogP contribution < -0.4 is 25.3 Å². The quantitative estimate of drug-likeness (QED) is 0.525. The van der Waals surface area contributed by atoms with E-state index in [1.54, 1.807) is 37.4 Å². The number of amides is 2. The molecule has 2 aromatic rings. The fraction of sp³-hybridized carbons (Fsp3) is 0.400. The first-order valence-corrected chi connectivity index (χ1v) is 11.7. The summed E-state index contributed by atoms with van der Waals surface area (Å²) >= 11 is 5.70. The zero-order valence-electron chi connectivity index (χ0n) is 19.5. The first kappa shape index (κ1) is 25.3.